The number of benzene rings is 2. The van der Waals surface area contributed by atoms with Gasteiger partial charge in [0, 0.05) is 16.7 Å². The van der Waals surface area contributed by atoms with Crippen molar-refractivity contribution >= 4 is 17.8 Å². The fourth-order valence-corrected chi connectivity index (χ4v) is 2.53. The van der Waals surface area contributed by atoms with E-state index >= 15 is 0 Å². The number of hydrogen-bond donors (Lipinski definition) is 1. The molecule has 8 heteroatoms. The fraction of sp³-hybridized carbons (Fsp3) is 0.200. The smallest absolute Gasteiger partial charge is 0.387 e. The highest BCUT2D eigenvalue weighted by Crippen LogP contribution is 2.33. The van der Waals surface area contributed by atoms with Gasteiger partial charge in [0.05, 0.1) is 20.6 Å². The van der Waals surface area contributed by atoms with Crippen LogP contribution in [0.1, 0.15) is 21.5 Å². The average molecular weight is 392 g/mol. The van der Waals surface area contributed by atoms with Crippen molar-refractivity contribution in [1.82, 2.24) is 0 Å². The topological polar surface area (TPSA) is 82.1 Å². The van der Waals surface area contributed by atoms with Crippen molar-refractivity contribution in [2.24, 2.45) is 0 Å². The lowest BCUT2D eigenvalue weighted by Crippen LogP contribution is -2.05. The van der Waals surface area contributed by atoms with Crippen molar-refractivity contribution in [3.63, 3.8) is 0 Å². The quantitative estimate of drug-likeness (QED) is 0.516. The molecule has 0 aliphatic heterocycles. The number of carboxylic acids is 1. The van der Waals surface area contributed by atoms with Crippen LogP contribution in [0.25, 0.3) is 6.08 Å². The molecule has 0 saturated carbocycles. The van der Waals surface area contributed by atoms with Gasteiger partial charge >= 0.3 is 12.6 Å². The third kappa shape index (κ3) is 5.29. The Morgan fingerprint density at radius 3 is 2.43 bits per heavy atom. The molecule has 2 aromatic rings. The molecule has 0 saturated heterocycles. The molecule has 0 aliphatic carbocycles. The Hall–Kier alpha value is -3.42. The van der Waals surface area contributed by atoms with E-state index < -0.39 is 18.4 Å². The molecule has 2 aromatic carbocycles. The van der Waals surface area contributed by atoms with Crippen molar-refractivity contribution in [3.05, 3.63) is 59.2 Å². The second kappa shape index (κ2) is 9.50. The largest absolute Gasteiger partial charge is 0.496 e. The Bertz CT molecular complexity index is 892. The lowest BCUT2D eigenvalue weighted by atomic mass is 10.0. The molecule has 28 heavy (non-hydrogen) atoms. The molecule has 0 aromatic heterocycles. The van der Waals surface area contributed by atoms with Crippen molar-refractivity contribution < 1.29 is 37.7 Å². The summed E-state index contributed by atoms with van der Waals surface area (Å²) < 4.78 is 39.9. The van der Waals surface area contributed by atoms with Crippen LogP contribution in [-0.4, -0.2) is 37.7 Å². The van der Waals surface area contributed by atoms with Gasteiger partial charge in [-0.3, -0.25) is 9.59 Å². The molecule has 0 aliphatic rings. The third-order valence-corrected chi connectivity index (χ3v) is 3.76. The van der Waals surface area contributed by atoms with Crippen LogP contribution in [0.4, 0.5) is 8.78 Å². The SMILES string of the molecule is COc1ccc(C(=O)/C=C/c2cccc(OC)c2OC(F)F)cc1CC(=O)O. The number of aliphatic carboxylic acids is 1. The second-order valence-corrected chi connectivity index (χ2v) is 5.55. The molecular formula is C20H18F2O6. The molecule has 148 valence electrons. The second-order valence-electron chi connectivity index (χ2n) is 5.55. The number of hydrogen-bond acceptors (Lipinski definition) is 5. The Morgan fingerprint density at radius 1 is 1.11 bits per heavy atom. The van der Waals surface area contributed by atoms with Crippen LogP contribution in [0.5, 0.6) is 17.2 Å². The van der Waals surface area contributed by atoms with Crippen LogP contribution < -0.4 is 14.2 Å². The molecule has 2 rings (SSSR count). The number of ether oxygens (including phenoxy) is 3. The van der Waals surface area contributed by atoms with Gasteiger partial charge in [0.15, 0.2) is 17.3 Å². The summed E-state index contributed by atoms with van der Waals surface area (Å²) in [5.74, 6) is -1.25. The molecule has 0 unspecified atom stereocenters. The van der Waals surface area contributed by atoms with Gasteiger partial charge in [-0.2, -0.15) is 8.78 Å². The summed E-state index contributed by atoms with van der Waals surface area (Å²) in [6.07, 6.45) is 2.19. The number of allylic oxidation sites excluding steroid dienone is 1. The summed E-state index contributed by atoms with van der Waals surface area (Å²) in [6.45, 7) is -3.06. The average Bonchev–Trinajstić information content (AvgIpc) is 2.65. The van der Waals surface area contributed by atoms with Gasteiger partial charge in [-0.15, -0.1) is 0 Å². The minimum absolute atomic E-state index is 0.100. The first-order valence-corrected chi connectivity index (χ1v) is 8.08. The number of para-hydroxylation sites is 1. The van der Waals surface area contributed by atoms with E-state index in [4.69, 9.17) is 14.6 Å². The number of halogens is 2. The monoisotopic (exact) mass is 392 g/mol. The summed E-state index contributed by atoms with van der Waals surface area (Å²) in [6, 6.07) is 8.92. The van der Waals surface area contributed by atoms with Gasteiger partial charge in [0.1, 0.15) is 5.75 Å². The number of carbonyl (C=O) groups excluding carboxylic acids is 1. The molecule has 0 atom stereocenters. The van der Waals surface area contributed by atoms with Gasteiger partial charge in [-0.05, 0) is 36.4 Å². The lowest BCUT2D eigenvalue weighted by molar-refractivity contribution is -0.136. The third-order valence-electron chi connectivity index (χ3n) is 3.76. The zero-order valence-corrected chi connectivity index (χ0v) is 15.1. The molecule has 0 radical (unpaired) electrons. The predicted octanol–water partition coefficient (Wildman–Crippen LogP) is 3.83. The molecule has 1 N–H and O–H groups in total. The maximum absolute atomic E-state index is 12.7. The van der Waals surface area contributed by atoms with Crippen molar-refractivity contribution in [2.75, 3.05) is 14.2 Å². The summed E-state index contributed by atoms with van der Waals surface area (Å²) in [5.41, 5.74) is 0.803. The van der Waals surface area contributed by atoms with E-state index in [9.17, 15) is 18.4 Å². The van der Waals surface area contributed by atoms with Crippen molar-refractivity contribution in [1.29, 1.82) is 0 Å². The van der Waals surface area contributed by atoms with E-state index in [0.717, 1.165) is 0 Å². The Labute approximate surface area is 160 Å². The molecular weight excluding hydrogens is 374 g/mol. The number of carbonyl (C=O) groups is 2. The van der Waals surface area contributed by atoms with Crippen LogP contribution in [0, 0.1) is 0 Å². The zero-order valence-electron chi connectivity index (χ0n) is 15.1. The summed E-state index contributed by atoms with van der Waals surface area (Å²) >= 11 is 0. The molecule has 0 heterocycles. The van der Waals surface area contributed by atoms with E-state index in [2.05, 4.69) is 4.74 Å². The fourth-order valence-electron chi connectivity index (χ4n) is 2.53. The van der Waals surface area contributed by atoms with E-state index in [1.807, 2.05) is 0 Å². The maximum Gasteiger partial charge on any atom is 0.387 e. The Balaban J connectivity index is 2.32. The van der Waals surface area contributed by atoms with Crippen LogP contribution in [-0.2, 0) is 11.2 Å². The first-order valence-electron chi connectivity index (χ1n) is 8.08. The Morgan fingerprint density at radius 2 is 1.82 bits per heavy atom. The van der Waals surface area contributed by atoms with Crippen LogP contribution >= 0.6 is 0 Å². The number of carboxylic acid groups (broad SMARTS) is 1. The first-order chi connectivity index (χ1) is 13.3. The Kier molecular flexibility index (Phi) is 7.08. The minimum atomic E-state index is -3.06. The molecule has 0 amide bonds. The lowest BCUT2D eigenvalue weighted by Gasteiger charge is -2.12. The van der Waals surface area contributed by atoms with Crippen LogP contribution in [0.15, 0.2) is 42.5 Å². The van der Waals surface area contributed by atoms with Gasteiger partial charge < -0.3 is 19.3 Å². The summed E-state index contributed by atoms with van der Waals surface area (Å²) in [5, 5.41) is 8.98. The van der Waals surface area contributed by atoms with E-state index in [0.29, 0.717) is 11.3 Å². The highest BCUT2D eigenvalue weighted by molar-refractivity contribution is 6.07. The normalized spacial score (nSPS) is 10.9. The van der Waals surface area contributed by atoms with E-state index in [1.54, 1.807) is 6.07 Å². The molecule has 6 nitrogen and oxygen atoms in total. The molecule has 0 bridgehead atoms. The highest BCUT2D eigenvalue weighted by atomic mass is 19.3. The van der Waals surface area contributed by atoms with Gasteiger partial charge in [-0.1, -0.05) is 12.1 Å². The van der Waals surface area contributed by atoms with Gasteiger partial charge in [0.25, 0.3) is 0 Å². The van der Waals surface area contributed by atoms with Gasteiger partial charge in [-0.25, -0.2) is 0 Å². The van der Waals surface area contributed by atoms with Crippen molar-refractivity contribution in [3.8, 4) is 17.2 Å². The van der Waals surface area contributed by atoms with E-state index in [-0.39, 0.29) is 29.0 Å². The molecule has 0 fully saturated rings. The summed E-state index contributed by atoms with van der Waals surface area (Å²) in [7, 11) is 2.71. The predicted molar refractivity (Wildman–Crippen MR) is 97.3 cm³/mol. The van der Waals surface area contributed by atoms with Gasteiger partial charge in [0.2, 0.25) is 0 Å². The van der Waals surface area contributed by atoms with E-state index in [1.165, 1.54) is 56.7 Å². The van der Waals surface area contributed by atoms with Crippen molar-refractivity contribution in [2.45, 2.75) is 13.0 Å². The number of methoxy groups -OCH3 is 2. The zero-order chi connectivity index (χ0) is 20.7. The maximum atomic E-state index is 12.7. The first kappa shape index (κ1) is 20.9. The van der Waals surface area contributed by atoms with Crippen LogP contribution in [0.2, 0.25) is 0 Å². The standard InChI is InChI=1S/C20H18F2O6/c1-26-16-9-7-13(10-14(16)11-18(24)25)15(23)8-6-12-4-3-5-17(27-2)19(12)28-20(21)22/h3-10,20H,11H2,1-2H3,(H,24,25)/b8-6+. The number of ketones is 1. The van der Waals surface area contributed by atoms with Crippen LogP contribution in [0.3, 0.4) is 0 Å². The molecule has 0 spiro atoms. The highest BCUT2D eigenvalue weighted by Gasteiger charge is 2.15. The number of alkyl halides is 2. The summed E-state index contributed by atoms with van der Waals surface area (Å²) in [4.78, 5) is 23.4. The number of rotatable bonds is 9. The minimum Gasteiger partial charge on any atom is -0.496 e.